The molecule has 0 aromatic carbocycles. The summed E-state index contributed by atoms with van der Waals surface area (Å²) in [4.78, 5) is 22.1. The summed E-state index contributed by atoms with van der Waals surface area (Å²) < 4.78 is 4.30. The van der Waals surface area contributed by atoms with Crippen LogP contribution in [0.4, 0.5) is 0 Å². The van der Waals surface area contributed by atoms with Crippen molar-refractivity contribution >= 4 is 11.9 Å². The Morgan fingerprint density at radius 3 is 2.62 bits per heavy atom. The number of carbonyl (C=O) groups is 2. The zero-order valence-corrected chi connectivity index (χ0v) is 9.73. The van der Waals surface area contributed by atoms with Gasteiger partial charge in [0.2, 0.25) is 5.91 Å². The molecule has 0 aromatic heterocycles. The number of rotatable bonds is 7. The van der Waals surface area contributed by atoms with E-state index in [1.807, 2.05) is 6.92 Å². The molecule has 0 aliphatic carbocycles. The van der Waals surface area contributed by atoms with Crippen LogP contribution in [-0.2, 0) is 14.3 Å². The number of nitrogens with one attached hydrogen (secondary N) is 1. The first-order chi connectivity index (χ1) is 7.51. The second-order valence-electron chi connectivity index (χ2n) is 3.72. The monoisotopic (exact) mass is 232 g/mol. The van der Waals surface area contributed by atoms with Crippen molar-refractivity contribution in [3.8, 4) is 0 Å². The quantitative estimate of drug-likeness (QED) is 0.489. The molecule has 0 aliphatic heterocycles. The molecule has 0 saturated carbocycles. The SMILES string of the molecule is COC(=O)C(O)CNC(=O)CCC(C)CN. The summed E-state index contributed by atoms with van der Waals surface area (Å²) in [5.74, 6) is -0.671. The zero-order valence-electron chi connectivity index (χ0n) is 9.73. The van der Waals surface area contributed by atoms with Crippen LogP contribution in [0.1, 0.15) is 19.8 Å². The molecule has 0 heterocycles. The number of aliphatic hydroxyl groups excluding tert-OH is 1. The van der Waals surface area contributed by atoms with Crippen molar-refractivity contribution in [1.82, 2.24) is 5.32 Å². The lowest BCUT2D eigenvalue weighted by Gasteiger charge is -2.11. The van der Waals surface area contributed by atoms with E-state index < -0.39 is 12.1 Å². The van der Waals surface area contributed by atoms with Gasteiger partial charge in [0.05, 0.1) is 13.7 Å². The van der Waals surface area contributed by atoms with Gasteiger partial charge in [0.25, 0.3) is 0 Å². The van der Waals surface area contributed by atoms with Crippen LogP contribution in [0, 0.1) is 5.92 Å². The minimum Gasteiger partial charge on any atom is -0.467 e. The molecular formula is C10H20N2O4. The fourth-order valence-electron chi connectivity index (χ4n) is 1.01. The van der Waals surface area contributed by atoms with E-state index in [2.05, 4.69) is 10.1 Å². The highest BCUT2D eigenvalue weighted by Gasteiger charge is 2.16. The third kappa shape index (κ3) is 6.36. The van der Waals surface area contributed by atoms with E-state index in [-0.39, 0.29) is 18.4 Å². The zero-order chi connectivity index (χ0) is 12.6. The molecule has 2 unspecified atom stereocenters. The van der Waals surface area contributed by atoms with E-state index in [0.717, 1.165) is 0 Å². The van der Waals surface area contributed by atoms with Gasteiger partial charge in [0, 0.05) is 6.42 Å². The second kappa shape index (κ2) is 8.06. The maximum Gasteiger partial charge on any atom is 0.336 e. The van der Waals surface area contributed by atoms with Gasteiger partial charge in [-0.1, -0.05) is 6.92 Å². The van der Waals surface area contributed by atoms with Crippen molar-refractivity contribution in [3.63, 3.8) is 0 Å². The van der Waals surface area contributed by atoms with E-state index >= 15 is 0 Å². The van der Waals surface area contributed by atoms with Gasteiger partial charge in [-0.05, 0) is 18.9 Å². The summed E-state index contributed by atoms with van der Waals surface area (Å²) in [5.41, 5.74) is 5.41. The molecule has 6 nitrogen and oxygen atoms in total. The Labute approximate surface area is 95.1 Å². The summed E-state index contributed by atoms with van der Waals surface area (Å²) >= 11 is 0. The molecule has 1 amide bonds. The number of methoxy groups -OCH3 is 1. The van der Waals surface area contributed by atoms with Crippen molar-refractivity contribution in [2.75, 3.05) is 20.2 Å². The van der Waals surface area contributed by atoms with Crippen molar-refractivity contribution in [3.05, 3.63) is 0 Å². The van der Waals surface area contributed by atoms with Crippen LogP contribution in [0.15, 0.2) is 0 Å². The summed E-state index contributed by atoms with van der Waals surface area (Å²) in [6, 6.07) is 0. The van der Waals surface area contributed by atoms with Crippen LogP contribution in [0.2, 0.25) is 0 Å². The van der Waals surface area contributed by atoms with Gasteiger partial charge in [-0.25, -0.2) is 4.79 Å². The lowest BCUT2D eigenvalue weighted by molar-refractivity contribution is -0.150. The third-order valence-corrected chi connectivity index (χ3v) is 2.23. The number of hydrogen-bond donors (Lipinski definition) is 3. The average molecular weight is 232 g/mol. The Bertz CT molecular complexity index is 233. The average Bonchev–Trinajstić information content (AvgIpc) is 2.31. The second-order valence-corrected chi connectivity index (χ2v) is 3.72. The number of hydrogen-bond acceptors (Lipinski definition) is 5. The Kier molecular flexibility index (Phi) is 7.49. The van der Waals surface area contributed by atoms with Crippen molar-refractivity contribution in [2.24, 2.45) is 11.7 Å². The standard InChI is InChI=1S/C10H20N2O4/c1-7(5-11)3-4-9(14)12-6-8(13)10(15)16-2/h7-8,13H,3-6,11H2,1-2H3,(H,12,14). The number of esters is 1. The van der Waals surface area contributed by atoms with E-state index in [0.29, 0.717) is 19.4 Å². The highest BCUT2D eigenvalue weighted by Crippen LogP contribution is 2.02. The molecule has 0 aliphatic rings. The van der Waals surface area contributed by atoms with Gasteiger partial charge < -0.3 is 20.9 Å². The van der Waals surface area contributed by atoms with E-state index in [1.165, 1.54) is 7.11 Å². The predicted octanol–water partition coefficient (Wildman–Crippen LogP) is -0.988. The van der Waals surface area contributed by atoms with Gasteiger partial charge in [-0.2, -0.15) is 0 Å². The molecule has 0 aromatic rings. The Balaban J connectivity index is 3.69. The maximum absolute atomic E-state index is 11.3. The normalized spacial score (nSPS) is 14.0. The smallest absolute Gasteiger partial charge is 0.336 e. The largest absolute Gasteiger partial charge is 0.467 e. The van der Waals surface area contributed by atoms with E-state index in [9.17, 15) is 14.7 Å². The van der Waals surface area contributed by atoms with Gasteiger partial charge in [0.1, 0.15) is 0 Å². The number of nitrogens with two attached hydrogens (primary N) is 1. The topological polar surface area (TPSA) is 102 Å². The lowest BCUT2D eigenvalue weighted by atomic mass is 10.1. The lowest BCUT2D eigenvalue weighted by Crippen LogP contribution is -2.37. The third-order valence-electron chi connectivity index (χ3n) is 2.23. The number of amides is 1. The Hall–Kier alpha value is -1.14. The molecule has 94 valence electrons. The first kappa shape index (κ1) is 14.9. The number of aliphatic hydroxyl groups is 1. The van der Waals surface area contributed by atoms with Crippen LogP contribution in [0.5, 0.6) is 0 Å². The van der Waals surface area contributed by atoms with Crippen molar-refractivity contribution in [1.29, 1.82) is 0 Å². The van der Waals surface area contributed by atoms with Gasteiger partial charge in [0.15, 0.2) is 6.10 Å². The molecule has 0 radical (unpaired) electrons. The minimum atomic E-state index is -1.30. The molecular weight excluding hydrogens is 212 g/mol. The summed E-state index contributed by atoms with van der Waals surface area (Å²) in [6.07, 6.45) is -0.274. The highest BCUT2D eigenvalue weighted by atomic mass is 16.5. The van der Waals surface area contributed by atoms with E-state index in [4.69, 9.17) is 5.73 Å². The number of ether oxygens (including phenoxy) is 1. The van der Waals surface area contributed by atoms with Crippen LogP contribution < -0.4 is 11.1 Å². The molecule has 0 saturated heterocycles. The molecule has 0 bridgehead atoms. The fourth-order valence-corrected chi connectivity index (χ4v) is 1.01. The van der Waals surface area contributed by atoms with Gasteiger partial charge in [-0.15, -0.1) is 0 Å². The van der Waals surface area contributed by atoms with Crippen LogP contribution in [0.25, 0.3) is 0 Å². The molecule has 0 fully saturated rings. The molecule has 0 rings (SSSR count). The van der Waals surface area contributed by atoms with Crippen molar-refractivity contribution in [2.45, 2.75) is 25.9 Å². The summed E-state index contributed by atoms with van der Waals surface area (Å²) in [5, 5.41) is 11.6. The molecule has 2 atom stereocenters. The van der Waals surface area contributed by atoms with Gasteiger partial charge >= 0.3 is 5.97 Å². The number of carbonyl (C=O) groups excluding carboxylic acids is 2. The Morgan fingerprint density at radius 2 is 2.12 bits per heavy atom. The first-order valence-corrected chi connectivity index (χ1v) is 5.23. The minimum absolute atomic E-state index is 0.123. The molecule has 6 heteroatoms. The van der Waals surface area contributed by atoms with Gasteiger partial charge in [-0.3, -0.25) is 4.79 Å². The molecule has 0 spiro atoms. The highest BCUT2D eigenvalue weighted by molar-refractivity contribution is 5.78. The van der Waals surface area contributed by atoms with E-state index in [1.54, 1.807) is 0 Å². The summed E-state index contributed by atoms with van der Waals surface area (Å²) in [7, 11) is 1.18. The molecule has 16 heavy (non-hydrogen) atoms. The fraction of sp³-hybridized carbons (Fsp3) is 0.800. The van der Waals surface area contributed by atoms with Crippen LogP contribution >= 0.6 is 0 Å². The maximum atomic E-state index is 11.3. The molecule has 4 N–H and O–H groups in total. The first-order valence-electron chi connectivity index (χ1n) is 5.23. The predicted molar refractivity (Wildman–Crippen MR) is 58.5 cm³/mol. The Morgan fingerprint density at radius 1 is 1.50 bits per heavy atom. The van der Waals surface area contributed by atoms with Crippen molar-refractivity contribution < 1.29 is 19.4 Å². The van der Waals surface area contributed by atoms with Crippen LogP contribution in [0.3, 0.4) is 0 Å². The van der Waals surface area contributed by atoms with Crippen LogP contribution in [-0.4, -0.2) is 43.3 Å². The summed E-state index contributed by atoms with van der Waals surface area (Å²) in [6.45, 7) is 2.37.